The number of anilines is 1. The first kappa shape index (κ1) is 20.1. The highest BCUT2D eigenvalue weighted by Gasteiger charge is 2.41. The molecule has 3 amide bonds. The van der Waals surface area contributed by atoms with E-state index in [1.54, 1.807) is 43.7 Å². The van der Waals surface area contributed by atoms with Gasteiger partial charge in [0.1, 0.15) is 11.6 Å². The lowest BCUT2D eigenvalue weighted by atomic mass is 9.93. The number of nitrogens with one attached hydrogen (secondary N) is 1. The number of pyridine rings is 1. The highest BCUT2D eigenvalue weighted by Crippen LogP contribution is 2.40. The largest absolute Gasteiger partial charge is 0.464 e. The fourth-order valence-electron chi connectivity index (χ4n) is 4.85. The molecule has 1 aromatic carbocycles. The van der Waals surface area contributed by atoms with E-state index in [9.17, 15) is 14.4 Å². The summed E-state index contributed by atoms with van der Waals surface area (Å²) in [5.41, 5.74) is 4.01. The molecule has 0 fully saturated rings. The Morgan fingerprint density at radius 1 is 1.12 bits per heavy atom. The van der Waals surface area contributed by atoms with Crippen molar-refractivity contribution in [3.8, 4) is 0 Å². The minimum absolute atomic E-state index is 0.0282. The normalized spacial score (nSPS) is 18.8. The molecular weight excluding hydrogens is 434 g/mol. The molecule has 0 aliphatic carbocycles. The summed E-state index contributed by atoms with van der Waals surface area (Å²) in [5.74, 6) is -1.10. The summed E-state index contributed by atoms with van der Waals surface area (Å²) in [5, 5.41) is 3.12. The van der Waals surface area contributed by atoms with Crippen molar-refractivity contribution in [2.24, 2.45) is 4.99 Å². The summed E-state index contributed by atoms with van der Waals surface area (Å²) in [6.07, 6.45) is 8.50. The van der Waals surface area contributed by atoms with Gasteiger partial charge in [0.05, 0.1) is 28.8 Å². The maximum absolute atomic E-state index is 13.1. The predicted molar refractivity (Wildman–Crippen MR) is 125 cm³/mol. The van der Waals surface area contributed by atoms with Crippen LogP contribution in [0.4, 0.5) is 5.69 Å². The zero-order valence-corrected chi connectivity index (χ0v) is 18.4. The van der Waals surface area contributed by atoms with Gasteiger partial charge in [-0.1, -0.05) is 18.2 Å². The summed E-state index contributed by atoms with van der Waals surface area (Å²) in [7, 11) is 3.45. The lowest BCUT2D eigenvalue weighted by Gasteiger charge is -2.25. The topological polar surface area (TPSA) is 108 Å². The zero-order valence-electron chi connectivity index (χ0n) is 18.4. The summed E-state index contributed by atoms with van der Waals surface area (Å²) in [6.45, 7) is 0. The fraction of sp³-hybridized carbons (Fsp3) is 0.160. The number of hydrogen-bond donors (Lipinski definition) is 1. The van der Waals surface area contributed by atoms with Crippen LogP contribution < -0.4 is 10.2 Å². The second-order valence-corrected chi connectivity index (χ2v) is 8.51. The van der Waals surface area contributed by atoms with Crippen molar-refractivity contribution in [3.05, 3.63) is 77.6 Å². The molecule has 1 unspecified atom stereocenters. The Balaban J connectivity index is 1.57. The van der Waals surface area contributed by atoms with Gasteiger partial charge in [-0.25, -0.2) is 0 Å². The van der Waals surface area contributed by atoms with Crippen LogP contribution in [0, 0.1) is 0 Å². The first-order valence-electron chi connectivity index (χ1n) is 10.7. The number of fused-ring (bicyclic) bond motifs is 1. The van der Waals surface area contributed by atoms with Crippen LogP contribution in [0.25, 0.3) is 16.5 Å². The van der Waals surface area contributed by atoms with Gasteiger partial charge in [0.15, 0.2) is 0 Å². The molecule has 6 rings (SSSR count). The van der Waals surface area contributed by atoms with Gasteiger partial charge >= 0.3 is 0 Å². The summed E-state index contributed by atoms with van der Waals surface area (Å²) >= 11 is 0. The van der Waals surface area contributed by atoms with E-state index in [1.807, 2.05) is 23.1 Å². The molecule has 1 N–H and O–H groups in total. The first-order valence-corrected chi connectivity index (χ1v) is 10.7. The number of carbonyl (C=O) groups is 3. The van der Waals surface area contributed by atoms with Crippen molar-refractivity contribution in [2.75, 3.05) is 19.0 Å². The van der Waals surface area contributed by atoms with Crippen LogP contribution in [0.5, 0.6) is 0 Å². The van der Waals surface area contributed by atoms with Crippen LogP contribution in [-0.2, 0) is 20.8 Å². The van der Waals surface area contributed by atoms with Crippen LogP contribution >= 0.6 is 0 Å². The van der Waals surface area contributed by atoms with Crippen molar-refractivity contribution >= 4 is 45.7 Å². The fourth-order valence-corrected chi connectivity index (χ4v) is 4.85. The highest BCUT2D eigenvalue weighted by molar-refractivity contribution is 6.48. The molecule has 34 heavy (non-hydrogen) atoms. The Morgan fingerprint density at radius 3 is 2.76 bits per heavy atom. The number of nitrogens with zero attached hydrogens (tertiary/aromatic N) is 4. The van der Waals surface area contributed by atoms with Crippen molar-refractivity contribution in [2.45, 2.75) is 12.5 Å². The smallest absolute Gasteiger partial charge is 0.261 e. The molecule has 9 heteroatoms. The Morgan fingerprint density at radius 2 is 1.94 bits per heavy atom. The maximum Gasteiger partial charge on any atom is 0.261 e. The van der Waals surface area contributed by atoms with Crippen LogP contribution in [-0.4, -0.2) is 53.5 Å². The van der Waals surface area contributed by atoms with Crippen molar-refractivity contribution < 1.29 is 18.8 Å². The van der Waals surface area contributed by atoms with Crippen LogP contribution in [0.1, 0.15) is 16.7 Å². The van der Waals surface area contributed by atoms with E-state index >= 15 is 0 Å². The number of hydrogen-bond acceptors (Lipinski definition) is 7. The molecule has 2 aromatic heterocycles. The Bertz CT molecular complexity index is 1510. The van der Waals surface area contributed by atoms with E-state index < -0.39 is 17.9 Å². The second-order valence-electron chi connectivity index (χ2n) is 8.51. The third-order valence-corrected chi connectivity index (χ3v) is 6.33. The lowest BCUT2D eigenvalue weighted by Crippen LogP contribution is -2.42. The number of aliphatic imine (C=N–C) groups is 1. The van der Waals surface area contributed by atoms with E-state index in [0.717, 1.165) is 16.6 Å². The maximum atomic E-state index is 13.1. The number of rotatable bonds is 3. The Hall–Kier alpha value is -4.53. The molecule has 0 radical (unpaired) electrons. The standard InChI is InChI=1S/C25H19N5O4/c1-29(2)25(33)17-10-13-4-3-5-15-20(27-7-8-30(17)21(13)15)19-18(23(31)28-24(19)32)16-12-26-11-14-6-9-34-22(14)16/h3-9,11-12,17H,10H2,1-2H3,(H,28,31,32). The number of carbonyl (C=O) groups excluding carboxylic acids is 3. The molecule has 9 nitrogen and oxygen atoms in total. The van der Waals surface area contributed by atoms with Crippen LogP contribution in [0.15, 0.2) is 70.3 Å². The quantitative estimate of drug-likeness (QED) is 0.608. The third kappa shape index (κ3) is 2.76. The SMILES string of the molecule is CN(C)C(=O)C1Cc2cccc3c2N1C=CN=C3C1=C(c2cncc3ccoc23)C(=O)NC1=O. The van der Waals surface area contributed by atoms with Crippen LogP contribution in [0.2, 0.25) is 0 Å². The molecule has 0 spiro atoms. The van der Waals surface area contributed by atoms with Crippen molar-refractivity contribution in [1.82, 2.24) is 15.2 Å². The van der Waals surface area contributed by atoms with E-state index in [1.165, 1.54) is 12.5 Å². The molecule has 0 saturated heterocycles. The highest BCUT2D eigenvalue weighted by atomic mass is 16.3. The van der Waals surface area contributed by atoms with Crippen LogP contribution in [0.3, 0.4) is 0 Å². The molecule has 3 aliphatic heterocycles. The molecule has 0 bridgehead atoms. The zero-order chi connectivity index (χ0) is 23.6. The van der Waals surface area contributed by atoms with Gasteiger partial charge in [-0.05, 0) is 11.6 Å². The number of furan rings is 1. The van der Waals surface area contributed by atoms with Gasteiger partial charge in [-0.2, -0.15) is 0 Å². The molecule has 1 atom stereocenters. The van der Waals surface area contributed by atoms with Gasteiger partial charge in [-0.15, -0.1) is 0 Å². The number of imide groups is 1. The molecule has 3 aromatic rings. The number of amides is 3. The molecular formula is C25H19N5O4. The third-order valence-electron chi connectivity index (χ3n) is 6.33. The number of benzene rings is 1. The van der Waals surface area contributed by atoms with E-state index in [4.69, 9.17) is 4.42 Å². The van der Waals surface area contributed by atoms with Gasteiger partial charge in [-0.3, -0.25) is 29.7 Å². The molecule has 0 saturated carbocycles. The van der Waals surface area contributed by atoms with E-state index in [2.05, 4.69) is 15.3 Å². The summed E-state index contributed by atoms with van der Waals surface area (Å²) in [6, 6.07) is 7.03. The average molecular weight is 453 g/mol. The van der Waals surface area contributed by atoms with Gasteiger partial charge in [0, 0.05) is 61.8 Å². The Labute approximate surface area is 194 Å². The summed E-state index contributed by atoms with van der Waals surface area (Å²) in [4.78, 5) is 51.2. The molecule has 168 valence electrons. The van der Waals surface area contributed by atoms with E-state index in [-0.39, 0.29) is 17.1 Å². The summed E-state index contributed by atoms with van der Waals surface area (Å²) < 4.78 is 5.61. The first-order chi connectivity index (χ1) is 16.5. The van der Waals surface area contributed by atoms with E-state index in [0.29, 0.717) is 28.8 Å². The van der Waals surface area contributed by atoms with Gasteiger partial charge in [0.2, 0.25) is 5.91 Å². The van der Waals surface area contributed by atoms with Gasteiger partial charge in [0.25, 0.3) is 11.8 Å². The lowest BCUT2D eigenvalue weighted by molar-refractivity contribution is -0.130. The molecule has 5 heterocycles. The van der Waals surface area contributed by atoms with Crippen molar-refractivity contribution in [3.63, 3.8) is 0 Å². The predicted octanol–water partition coefficient (Wildman–Crippen LogP) is 2.03. The number of likely N-dealkylation sites (N-methyl/N-ethyl adjacent to an activating group) is 1. The van der Waals surface area contributed by atoms with Crippen molar-refractivity contribution in [1.29, 1.82) is 0 Å². The second kappa shape index (κ2) is 7.24. The molecule has 3 aliphatic rings. The minimum Gasteiger partial charge on any atom is -0.464 e. The number of para-hydroxylation sites is 1. The van der Waals surface area contributed by atoms with Gasteiger partial charge < -0.3 is 14.2 Å². The minimum atomic E-state index is -0.541. The monoisotopic (exact) mass is 453 g/mol. The average Bonchev–Trinajstić information content (AvgIpc) is 3.47. The Kier molecular flexibility index (Phi) is 4.28. The number of aromatic nitrogens is 1.